The summed E-state index contributed by atoms with van der Waals surface area (Å²) in [4.78, 5) is 1.30. The van der Waals surface area contributed by atoms with Gasteiger partial charge >= 0.3 is 0 Å². The summed E-state index contributed by atoms with van der Waals surface area (Å²) >= 11 is 1.87. The molecule has 1 aromatic heterocycles. The van der Waals surface area contributed by atoms with E-state index in [-0.39, 0.29) is 0 Å². The van der Waals surface area contributed by atoms with E-state index in [9.17, 15) is 0 Å². The molecule has 1 heterocycles. The fraction of sp³-hybridized carbons (Fsp3) is 0.375. The Kier molecular flexibility index (Phi) is 5.40. The average Bonchev–Trinajstić information content (AvgIpc) is 2.47. The van der Waals surface area contributed by atoms with Crippen molar-refractivity contribution < 1.29 is 0 Å². The van der Waals surface area contributed by atoms with Crippen molar-refractivity contribution in [2.24, 2.45) is 0 Å². The molecule has 0 aliphatic heterocycles. The number of hydrogen-bond acceptors (Lipinski definition) is 3. The summed E-state index contributed by atoms with van der Waals surface area (Å²) in [5.41, 5.74) is 3.52. The second kappa shape index (κ2) is 7.29. The first-order chi connectivity index (χ1) is 9.36. The van der Waals surface area contributed by atoms with Crippen molar-refractivity contribution in [1.29, 1.82) is 0 Å². The second-order valence-electron chi connectivity index (χ2n) is 4.45. The Balaban J connectivity index is 2.42. The quantitative estimate of drug-likeness (QED) is 0.719. The van der Waals surface area contributed by atoms with Gasteiger partial charge in [-0.05, 0) is 24.2 Å². The van der Waals surface area contributed by atoms with E-state index in [1.165, 1.54) is 23.3 Å². The Hall–Kier alpha value is -1.35. The van der Waals surface area contributed by atoms with Crippen LogP contribution in [0, 0.1) is 0 Å². The number of benzene rings is 1. The van der Waals surface area contributed by atoms with E-state index in [2.05, 4.69) is 48.3 Å². The predicted molar refractivity (Wildman–Crippen MR) is 82.5 cm³/mol. The second-order valence-corrected chi connectivity index (χ2v) is 5.72. The third kappa shape index (κ3) is 3.57. The maximum absolute atomic E-state index is 4.37. The minimum absolute atomic E-state index is 1.03. The molecular formula is C16H20N2S. The number of thioether (sulfide) groups is 1. The average molecular weight is 272 g/mol. The van der Waals surface area contributed by atoms with Crippen LogP contribution in [-0.4, -0.2) is 16.0 Å². The number of rotatable bonds is 6. The summed E-state index contributed by atoms with van der Waals surface area (Å²) in [5.74, 6) is 1.06. The molecule has 3 heteroatoms. The third-order valence-corrected chi connectivity index (χ3v) is 4.05. The number of aromatic nitrogens is 2. The number of nitrogens with zero attached hydrogens (tertiary/aromatic N) is 2. The van der Waals surface area contributed by atoms with Gasteiger partial charge in [-0.3, -0.25) is 0 Å². The zero-order valence-corrected chi connectivity index (χ0v) is 12.4. The molecule has 0 aliphatic carbocycles. The van der Waals surface area contributed by atoms with Gasteiger partial charge in [0.2, 0.25) is 0 Å². The molecule has 0 N–H and O–H groups in total. The van der Waals surface area contributed by atoms with Crippen LogP contribution in [0.15, 0.2) is 41.4 Å². The van der Waals surface area contributed by atoms with Crippen molar-refractivity contribution in [1.82, 2.24) is 10.2 Å². The van der Waals surface area contributed by atoms with Crippen LogP contribution >= 0.6 is 11.8 Å². The molecule has 0 aliphatic rings. The minimum atomic E-state index is 1.03. The van der Waals surface area contributed by atoms with Crippen molar-refractivity contribution in [2.75, 3.05) is 5.75 Å². The van der Waals surface area contributed by atoms with E-state index in [1.807, 2.05) is 24.0 Å². The van der Waals surface area contributed by atoms with Crippen LogP contribution in [0.3, 0.4) is 0 Å². The maximum Gasteiger partial charge on any atom is 0.107 e. The summed E-state index contributed by atoms with van der Waals surface area (Å²) in [7, 11) is 0. The maximum atomic E-state index is 4.37. The van der Waals surface area contributed by atoms with Gasteiger partial charge in [0.05, 0.1) is 6.20 Å². The summed E-state index contributed by atoms with van der Waals surface area (Å²) in [6.45, 7) is 4.41. The van der Waals surface area contributed by atoms with Crippen LogP contribution in [0.1, 0.15) is 32.3 Å². The highest BCUT2D eigenvalue weighted by atomic mass is 32.2. The van der Waals surface area contributed by atoms with E-state index in [0.717, 1.165) is 23.4 Å². The van der Waals surface area contributed by atoms with Gasteiger partial charge in [0.15, 0.2) is 0 Å². The van der Waals surface area contributed by atoms with Crippen LogP contribution in [0.4, 0.5) is 0 Å². The number of unbranched alkanes of at least 4 members (excludes halogenated alkanes) is 1. The Labute approximate surface area is 119 Å². The zero-order chi connectivity index (χ0) is 13.5. The molecule has 0 fully saturated rings. The Bertz CT molecular complexity index is 511. The molecule has 2 aromatic rings. The van der Waals surface area contributed by atoms with Crippen LogP contribution < -0.4 is 0 Å². The smallest absolute Gasteiger partial charge is 0.107 e. The lowest BCUT2D eigenvalue weighted by atomic mass is 10.1. The van der Waals surface area contributed by atoms with E-state index in [4.69, 9.17) is 0 Å². The van der Waals surface area contributed by atoms with E-state index >= 15 is 0 Å². The molecule has 19 heavy (non-hydrogen) atoms. The van der Waals surface area contributed by atoms with E-state index in [0.29, 0.717) is 0 Å². The van der Waals surface area contributed by atoms with Gasteiger partial charge in [-0.25, -0.2) is 0 Å². The normalized spacial score (nSPS) is 10.6. The highest BCUT2D eigenvalue weighted by Crippen LogP contribution is 2.32. The molecule has 0 amide bonds. The first-order valence-electron chi connectivity index (χ1n) is 6.89. The van der Waals surface area contributed by atoms with Crippen molar-refractivity contribution in [3.63, 3.8) is 0 Å². The third-order valence-electron chi connectivity index (χ3n) is 3.01. The molecule has 2 rings (SSSR count). The van der Waals surface area contributed by atoms with Crippen LogP contribution in [0.25, 0.3) is 11.3 Å². The van der Waals surface area contributed by atoms with E-state index in [1.54, 1.807) is 0 Å². The first-order valence-corrected chi connectivity index (χ1v) is 7.88. The Morgan fingerprint density at radius 3 is 2.58 bits per heavy atom. The summed E-state index contributed by atoms with van der Waals surface area (Å²) in [6, 6.07) is 10.3. The standard InChI is InChI=1S/C16H20N2S/c1-3-5-9-14-12-17-18-15(16(14)19-4-2)13-10-7-6-8-11-13/h6-8,10-12H,3-5,9H2,1-2H3. The molecule has 0 bridgehead atoms. The lowest BCUT2D eigenvalue weighted by molar-refractivity contribution is 0.774. The summed E-state index contributed by atoms with van der Waals surface area (Å²) in [5, 5.41) is 8.56. The lowest BCUT2D eigenvalue weighted by Crippen LogP contribution is -1.98. The van der Waals surface area contributed by atoms with E-state index < -0.39 is 0 Å². The lowest BCUT2D eigenvalue weighted by Gasteiger charge is -2.11. The van der Waals surface area contributed by atoms with Gasteiger partial charge in [0.1, 0.15) is 5.69 Å². The highest BCUT2D eigenvalue weighted by molar-refractivity contribution is 7.99. The van der Waals surface area contributed by atoms with Crippen LogP contribution in [-0.2, 0) is 6.42 Å². The van der Waals surface area contributed by atoms with Gasteiger partial charge in [-0.2, -0.15) is 5.10 Å². The van der Waals surface area contributed by atoms with Gasteiger partial charge in [0, 0.05) is 10.5 Å². The molecule has 0 unspecified atom stereocenters. The SMILES string of the molecule is CCCCc1cnnc(-c2ccccc2)c1SCC. The fourth-order valence-corrected chi connectivity index (χ4v) is 2.97. The Morgan fingerprint density at radius 2 is 1.89 bits per heavy atom. The molecule has 0 saturated heterocycles. The van der Waals surface area contributed by atoms with Gasteiger partial charge < -0.3 is 0 Å². The van der Waals surface area contributed by atoms with Crippen molar-refractivity contribution in [2.45, 2.75) is 38.0 Å². The topological polar surface area (TPSA) is 25.8 Å². The van der Waals surface area contributed by atoms with Crippen LogP contribution in [0.2, 0.25) is 0 Å². The molecular weight excluding hydrogens is 252 g/mol. The summed E-state index contributed by atoms with van der Waals surface area (Å²) in [6.07, 6.45) is 5.44. The van der Waals surface area contributed by atoms with Crippen LogP contribution in [0.5, 0.6) is 0 Å². The monoisotopic (exact) mass is 272 g/mol. The minimum Gasteiger partial charge on any atom is -0.158 e. The Morgan fingerprint density at radius 1 is 1.11 bits per heavy atom. The number of hydrogen-bond donors (Lipinski definition) is 0. The van der Waals surface area contributed by atoms with Crippen molar-refractivity contribution in [3.05, 3.63) is 42.1 Å². The van der Waals surface area contributed by atoms with Gasteiger partial charge in [-0.1, -0.05) is 50.6 Å². The molecule has 0 radical (unpaired) electrons. The molecule has 0 spiro atoms. The largest absolute Gasteiger partial charge is 0.158 e. The molecule has 2 nitrogen and oxygen atoms in total. The van der Waals surface area contributed by atoms with Crippen molar-refractivity contribution in [3.8, 4) is 11.3 Å². The molecule has 1 aromatic carbocycles. The fourth-order valence-electron chi connectivity index (χ4n) is 2.05. The van der Waals surface area contributed by atoms with Gasteiger partial charge in [0.25, 0.3) is 0 Å². The van der Waals surface area contributed by atoms with Crippen molar-refractivity contribution >= 4 is 11.8 Å². The van der Waals surface area contributed by atoms with Gasteiger partial charge in [-0.15, -0.1) is 16.9 Å². The molecule has 100 valence electrons. The molecule has 0 atom stereocenters. The molecule has 0 saturated carbocycles. The first kappa shape index (κ1) is 14.1. The number of aryl methyl sites for hydroxylation is 1. The summed E-state index contributed by atoms with van der Waals surface area (Å²) < 4.78 is 0. The zero-order valence-electron chi connectivity index (χ0n) is 11.6. The highest BCUT2D eigenvalue weighted by Gasteiger charge is 2.12. The predicted octanol–water partition coefficient (Wildman–Crippen LogP) is 4.60.